The molecule has 0 aliphatic rings. The lowest BCUT2D eigenvalue weighted by molar-refractivity contribution is 0.0989. The number of carbonyl (C=O) groups is 1. The molecule has 1 aromatic rings. The summed E-state index contributed by atoms with van der Waals surface area (Å²) < 4.78 is 5.10. The number of rotatable bonds is 3. The molecule has 14 heavy (non-hydrogen) atoms. The van der Waals surface area contributed by atoms with Gasteiger partial charge in [0, 0.05) is 5.41 Å². The lowest BCUT2D eigenvalue weighted by Crippen LogP contribution is -2.22. The maximum Gasteiger partial charge on any atom is 0.181 e. The predicted octanol–water partition coefficient (Wildman–Crippen LogP) is 1.37. The molecule has 0 fully saturated rings. The normalized spacial score (nSPS) is 11.7. The highest BCUT2D eigenvalue weighted by molar-refractivity contribution is 5.98. The standard InChI is InChI=1S/C10H16N2O2/c1-10(2,3)9-7(5-12-14-9)8(13)6-11-4/h5,11H,6H2,1-4H3. The van der Waals surface area contributed by atoms with Gasteiger partial charge in [0.1, 0.15) is 0 Å². The number of likely N-dealkylation sites (N-methyl/N-ethyl adjacent to an activating group) is 1. The third-order valence-corrected chi connectivity index (χ3v) is 1.89. The molecule has 0 spiro atoms. The van der Waals surface area contributed by atoms with Crippen LogP contribution in [0.2, 0.25) is 0 Å². The monoisotopic (exact) mass is 196 g/mol. The lowest BCUT2D eigenvalue weighted by atomic mass is 9.89. The number of Topliss-reactive ketones (excluding diaryl/α,β-unsaturated/α-hetero) is 1. The second kappa shape index (κ2) is 3.92. The van der Waals surface area contributed by atoms with E-state index in [9.17, 15) is 4.79 Å². The van der Waals surface area contributed by atoms with E-state index in [1.54, 1.807) is 7.05 Å². The SMILES string of the molecule is CNCC(=O)c1cnoc1C(C)(C)C. The Labute approximate surface area is 83.7 Å². The maximum atomic E-state index is 11.6. The fourth-order valence-corrected chi connectivity index (χ4v) is 1.23. The van der Waals surface area contributed by atoms with Crippen LogP contribution in [-0.2, 0) is 5.41 Å². The Morgan fingerprint density at radius 3 is 2.71 bits per heavy atom. The smallest absolute Gasteiger partial charge is 0.181 e. The van der Waals surface area contributed by atoms with Crippen LogP contribution in [0.1, 0.15) is 36.9 Å². The van der Waals surface area contributed by atoms with Crippen LogP contribution in [0.5, 0.6) is 0 Å². The number of aromatic nitrogens is 1. The number of nitrogens with zero attached hydrogens (tertiary/aromatic N) is 1. The summed E-state index contributed by atoms with van der Waals surface area (Å²) in [6.45, 7) is 6.28. The van der Waals surface area contributed by atoms with E-state index in [1.807, 2.05) is 20.8 Å². The Bertz CT molecular complexity index is 323. The molecule has 4 nitrogen and oxygen atoms in total. The fourth-order valence-electron chi connectivity index (χ4n) is 1.23. The molecule has 0 aliphatic carbocycles. The van der Waals surface area contributed by atoms with Gasteiger partial charge in [-0.25, -0.2) is 0 Å². The molecule has 0 amide bonds. The zero-order valence-corrected chi connectivity index (χ0v) is 9.05. The van der Waals surface area contributed by atoms with E-state index >= 15 is 0 Å². The van der Waals surface area contributed by atoms with Crippen molar-refractivity contribution in [1.29, 1.82) is 0 Å². The molecule has 1 heterocycles. The summed E-state index contributed by atoms with van der Waals surface area (Å²) in [6, 6.07) is 0. The van der Waals surface area contributed by atoms with Crippen molar-refractivity contribution in [2.24, 2.45) is 0 Å². The molecule has 0 saturated carbocycles. The minimum atomic E-state index is -0.185. The summed E-state index contributed by atoms with van der Waals surface area (Å²) in [7, 11) is 1.74. The average molecular weight is 196 g/mol. The van der Waals surface area contributed by atoms with E-state index in [-0.39, 0.29) is 11.2 Å². The van der Waals surface area contributed by atoms with Gasteiger partial charge in [-0.2, -0.15) is 0 Å². The van der Waals surface area contributed by atoms with Crippen LogP contribution in [0, 0.1) is 0 Å². The summed E-state index contributed by atoms with van der Waals surface area (Å²) in [5, 5.41) is 6.48. The molecule has 1 N–H and O–H groups in total. The number of hydrogen-bond donors (Lipinski definition) is 1. The first kappa shape index (κ1) is 10.9. The van der Waals surface area contributed by atoms with Crippen molar-refractivity contribution < 1.29 is 9.32 Å². The van der Waals surface area contributed by atoms with Crippen molar-refractivity contribution in [3.05, 3.63) is 17.5 Å². The number of ketones is 1. The largest absolute Gasteiger partial charge is 0.360 e. The van der Waals surface area contributed by atoms with Crippen molar-refractivity contribution in [1.82, 2.24) is 10.5 Å². The topological polar surface area (TPSA) is 55.1 Å². The average Bonchev–Trinajstić information content (AvgIpc) is 2.50. The molecule has 0 bridgehead atoms. The van der Waals surface area contributed by atoms with Gasteiger partial charge in [-0.1, -0.05) is 25.9 Å². The summed E-state index contributed by atoms with van der Waals surface area (Å²) in [4.78, 5) is 11.6. The first-order valence-electron chi connectivity index (χ1n) is 4.59. The third kappa shape index (κ3) is 2.20. The highest BCUT2D eigenvalue weighted by Gasteiger charge is 2.26. The minimum Gasteiger partial charge on any atom is -0.360 e. The van der Waals surface area contributed by atoms with Crippen LogP contribution >= 0.6 is 0 Å². The van der Waals surface area contributed by atoms with Gasteiger partial charge in [0.05, 0.1) is 18.3 Å². The summed E-state index contributed by atoms with van der Waals surface area (Å²) >= 11 is 0. The first-order valence-corrected chi connectivity index (χ1v) is 4.59. The first-order chi connectivity index (χ1) is 6.46. The van der Waals surface area contributed by atoms with Gasteiger partial charge in [0.2, 0.25) is 0 Å². The fraction of sp³-hybridized carbons (Fsp3) is 0.600. The molecule has 4 heteroatoms. The molecule has 1 rings (SSSR count). The van der Waals surface area contributed by atoms with Crippen LogP contribution in [-0.4, -0.2) is 24.5 Å². The Balaban J connectivity index is 2.99. The predicted molar refractivity (Wildman–Crippen MR) is 53.5 cm³/mol. The van der Waals surface area contributed by atoms with Gasteiger partial charge in [0.25, 0.3) is 0 Å². The molecule has 0 unspecified atom stereocenters. The van der Waals surface area contributed by atoms with Crippen molar-refractivity contribution in [3.8, 4) is 0 Å². The van der Waals surface area contributed by atoms with Crippen LogP contribution < -0.4 is 5.32 Å². The summed E-state index contributed by atoms with van der Waals surface area (Å²) in [5.74, 6) is 0.663. The molecule has 1 aromatic heterocycles. The van der Waals surface area contributed by atoms with Crippen molar-refractivity contribution in [3.63, 3.8) is 0 Å². The van der Waals surface area contributed by atoms with Crippen molar-refractivity contribution in [2.75, 3.05) is 13.6 Å². The summed E-state index contributed by atoms with van der Waals surface area (Å²) in [5.41, 5.74) is 0.391. The molecule has 0 aliphatic heterocycles. The number of hydrogen-bond acceptors (Lipinski definition) is 4. The highest BCUT2D eigenvalue weighted by atomic mass is 16.5. The van der Waals surface area contributed by atoms with Crippen LogP contribution in [0.4, 0.5) is 0 Å². The van der Waals surface area contributed by atoms with E-state index in [1.165, 1.54) is 6.20 Å². The van der Waals surface area contributed by atoms with Gasteiger partial charge < -0.3 is 9.84 Å². The van der Waals surface area contributed by atoms with Crippen molar-refractivity contribution in [2.45, 2.75) is 26.2 Å². The second-order valence-corrected chi connectivity index (χ2v) is 4.27. The van der Waals surface area contributed by atoms with Gasteiger partial charge >= 0.3 is 0 Å². The van der Waals surface area contributed by atoms with Crippen LogP contribution in [0.25, 0.3) is 0 Å². The van der Waals surface area contributed by atoms with Gasteiger partial charge in [-0.15, -0.1) is 0 Å². The molecular formula is C10H16N2O2. The zero-order valence-electron chi connectivity index (χ0n) is 9.05. The quantitative estimate of drug-likeness (QED) is 0.742. The minimum absolute atomic E-state index is 0.0127. The maximum absolute atomic E-state index is 11.6. The van der Waals surface area contributed by atoms with Crippen molar-refractivity contribution >= 4 is 5.78 Å². The highest BCUT2D eigenvalue weighted by Crippen LogP contribution is 2.25. The lowest BCUT2D eigenvalue weighted by Gasteiger charge is -2.15. The molecule has 0 aromatic carbocycles. The van der Waals surface area contributed by atoms with E-state index in [0.717, 1.165) is 0 Å². The number of nitrogens with one attached hydrogen (secondary N) is 1. The molecule has 0 radical (unpaired) electrons. The molecule has 78 valence electrons. The zero-order chi connectivity index (χ0) is 10.8. The van der Waals surface area contributed by atoms with Crippen LogP contribution in [0.15, 0.2) is 10.7 Å². The van der Waals surface area contributed by atoms with E-state index in [2.05, 4.69) is 10.5 Å². The van der Waals surface area contributed by atoms with Gasteiger partial charge in [-0.05, 0) is 7.05 Å². The Kier molecular flexibility index (Phi) is 3.06. The number of carbonyl (C=O) groups excluding carboxylic acids is 1. The van der Waals surface area contributed by atoms with E-state index in [0.29, 0.717) is 17.9 Å². The molecule has 0 saturated heterocycles. The van der Waals surface area contributed by atoms with Gasteiger partial charge in [-0.3, -0.25) is 4.79 Å². The molecular weight excluding hydrogens is 180 g/mol. The second-order valence-electron chi connectivity index (χ2n) is 4.27. The van der Waals surface area contributed by atoms with Gasteiger partial charge in [0.15, 0.2) is 11.5 Å². The summed E-state index contributed by atoms with van der Waals surface area (Å²) in [6.07, 6.45) is 1.49. The Hall–Kier alpha value is -1.16. The van der Waals surface area contributed by atoms with E-state index < -0.39 is 0 Å². The Morgan fingerprint density at radius 1 is 1.57 bits per heavy atom. The third-order valence-electron chi connectivity index (χ3n) is 1.89. The molecule has 0 atom stereocenters. The van der Waals surface area contributed by atoms with E-state index in [4.69, 9.17) is 4.52 Å². The van der Waals surface area contributed by atoms with Crippen LogP contribution in [0.3, 0.4) is 0 Å². The Morgan fingerprint density at radius 2 is 2.21 bits per heavy atom.